The van der Waals surface area contributed by atoms with Crippen LogP contribution in [0.25, 0.3) is 0 Å². The molecule has 0 saturated carbocycles. The van der Waals surface area contributed by atoms with Crippen LogP contribution in [0.15, 0.2) is 93.8 Å². The van der Waals surface area contributed by atoms with Gasteiger partial charge in [-0.15, -0.1) is 0 Å². The molecule has 256 valence electrons. The summed E-state index contributed by atoms with van der Waals surface area (Å²) >= 11 is 0. The first-order valence-corrected chi connectivity index (χ1v) is 18.1. The van der Waals surface area contributed by atoms with Crippen LogP contribution in [0.5, 0.6) is 0 Å². The molecule has 0 saturated heterocycles. The van der Waals surface area contributed by atoms with Crippen LogP contribution in [0.3, 0.4) is 0 Å². The van der Waals surface area contributed by atoms with Crippen molar-refractivity contribution >= 4 is 82.3 Å². The van der Waals surface area contributed by atoms with Crippen molar-refractivity contribution in [3.05, 3.63) is 101 Å². The van der Waals surface area contributed by atoms with E-state index in [0.29, 0.717) is 5.69 Å². The van der Waals surface area contributed by atoms with Crippen LogP contribution in [0.2, 0.25) is 0 Å². The second kappa shape index (κ2) is 12.2. The molecule has 21 heteroatoms. The predicted molar refractivity (Wildman–Crippen MR) is 176 cm³/mol. The molecule has 18 nitrogen and oxygen atoms in total. The Morgan fingerprint density at radius 1 is 0.580 bits per heavy atom. The normalized spacial score (nSPS) is 12.9. The zero-order valence-electron chi connectivity index (χ0n) is 24.8. The number of nitrogens with two attached hydrogens (primary N) is 1. The third kappa shape index (κ3) is 6.58. The number of carbonyl (C=O) groups excluding carboxylic acids is 2. The Bertz CT molecular complexity index is 2600. The SMILES string of the molecule is Nc1c(S(=O)(=O)O)cc(Nc2ccc(Nc3ncnc(Nc4ccc(S(=O)(=O)O)cc4)n3)c(S(=O)(=O)O)c2)c2c1C(=O)c1ccccc1C2=O. The topological polar surface area (TPSA) is 298 Å². The Hall–Kier alpha value is -5.84. The van der Waals surface area contributed by atoms with Gasteiger partial charge in [0, 0.05) is 22.5 Å². The Kier molecular flexibility index (Phi) is 8.33. The van der Waals surface area contributed by atoms with Crippen LogP contribution in [-0.4, -0.2) is 65.4 Å². The smallest absolute Gasteiger partial charge is 0.296 e. The summed E-state index contributed by atoms with van der Waals surface area (Å²) in [4.78, 5) is 37.0. The molecule has 0 radical (unpaired) electrons. The highest BCUT2D eigenvalue weighted by molar-refractivity contribution is 7.86. The van der Waals surface area contributed by atoms with E-state index in [9.17, 15) is 43.9 Å². The van der Waals surface area contributed by atoms with Crippen molar-refractivity contribution in [3.63, 3.8) is 0 Å². The Morgan fingerprint density at radius 2 is 1.14 bits per heavy atom. The number of hydrogen-bond donors (Lipinski definition) is 7. The minimum Gasteiger partial charge on any atom is -0.397 e. The fourth-order valence-corrected chi connectivity index (χ4v) is 6.85. The largest absolute Gasteiger partial charge is 0.397 e. The van der Waals surface area contributed by atoms with E-state index in [-0.39, 0.29) is 50.5 Å². The van der Waals surface area contributed by atoms with Crippen LogP contribution in [0, 0.1) is 0 Å². The van der Waals surface area contributed by atoms with Gasteiger partial charge in [0.25, 0.3) is 30.4 Å². The molecule has 4 aromatic carbocycles. The van der Waals surface area contributed by atoms with Gasteiger partial charge in [0.2, 0.25) is 11.9 Å². The van der Waals surface area contributed by atoms with E-state index >= 15 is 0 Å². The Labute approximate surface area is 282 Å². The molecular formula is C29H21N7O11S3. The van der Waals surface area contributed by atoms with Gasteiger partial charge in [-0.2, -0.15) is 30.2 Å². The molecule has 0 fully saturated rings. The van der Waals surface area contributed by atoms with Gasteiger partial charge in [-0.1, -0.05) is 24.3 Å². The highest BCUT2D eigenvalue weighted by Gasteiger charge is 2.36. The molecule has 1 heterocycles. The van der Waals surface area contributed by atoms with Gasteiger partial charge in [0.05, 0.1) is 33.1 Å². The molecule has 5 aromatic rings. The van der Waals surface area contributed by atoms with Crippen LogP contribution in [0.4, 0.5) is 40.3 Å². The summed E-state index contributed by atoms with van der Waals surface area (Å²) in [6.07, 6.45) is 1.06. The Morgan fingerprint density at radius 3 is 1.72 bits per heavy atom. The quantitative estimate of drug-likeness (QED) is 0.0827. The van der Waals surface area contributed by atoms with Crippen molar-refractivity contribution < 1.29 is 48.5 Å². The number of benzene rings is 4. The number of aromatic nitrogens is 3. The van der Waals surface area contributed by atoms with Crippen molar-refractivity contribution in [2.45, 2.75) is 14.7 Å². The third-order valence-corrected chi connectivity index (χ3v) is 9.90. The Balaban J connectivity index is 1.36. The number of rotatable bonds is 9. The molecule has 1 aromatic heterocycles. The average molecular weight is 740 g/mol. The lowest BCUT2D eigenvalue weighted by molar-refractivity contribution is 0.0980. The van der Waals surface area contributed by atoms with Crippen molar-refractivity contribution in [1.29, 1.82) is 0 Å². The predicted octanol–water partition coefficient (Wildman–Crippen LogP) is 3.20. The third-order valence-electron chi connectivity index (χ3n) is 7.24. The van der Waals surface area contributed by atoms with Crippen molar-refractivity contribution in [3.8, 4) is 0 Å². The van der Waals surface area contributed by atoms with E-state index in [4.69, 9.17) is 10.3 Å². The van der Waals surface area contributed by atoms with Gasteiger partial charge in [-0.3, -0.25) is 23.2 Å². The average Bonchev–Trinajstić information content (AvgIpc) is 3.04. The summed E-state index contributed by atoms with van der Waals surface area (Å²) in [5, 5.41) is 8.09. The summed E-state index contributed by atoms with van der Waals surface area (Å²) < 4.78 is 101. The van der Waals surface area contributed by atoms with Crippen LogP contribution in [-0.2, 0) is 30.4 Å². The standard InChI is InChI=1S/C29H21N7O11S3/c30-25-22(50(45,46)47)12-20(23-24(25)27(38)18-4-2-1-3-17(18)26(23)37)33-15-7-10-19(21(11-15)49(42,43)44)35-29-32-13-31-28(36-29)34-14-5-8-16(9-6-14)48(39,40)41/h1-13,33H,30H2,(H,39,40,41)(H,42,43,44)(H,45,46,47)(H2,31,32,34,35,36). The van der Waals surface area contributed by atoms with Gasteiger partial charge < -0.3 is 21.7 Å². The lowest BCUT2D eigenvalue weighted by Gasteiger charge is -2.24. The summed E-state index contributed by atoms with van der Waals surface area (Å²) in [5.41, 5.74) is 4.06. The van der Waals surface area contributed by atoms with Gasteiger partial charge in [0.1, 0.15) is 16.1 Å². The number of carbonyl (C=O) groups is 2. The molecule has 50 heavy (non-hydrogen) atoms. The lowest BCUT2D eigenvalue weighted by Crippen LogP contribution is -2.25. The second-order valence-electron chi connectivity index (χ2n) is 10.5. The highest BCUT2D eigenvalue weighted by Crippen LogP contribution is 2.40. The van der Waals surface area contributed by atoms with Crippen LogP contribution < -0.4 is 21.7 Å². The number of fused-ring (bicyclic) bond motifs is 2. The first-order valence-electron chi connectivity index (χ1n) is 13.7. The summed E-state index contributed by atoms with van der Waals surface area (Å²) in [6.45, 7) is 0. The van der Waals surface area contributed by atoms with Gasteiger partial charge in [-0.25, -0.2) is 9.97 Å². The molecule has 6 rings (SSSR count). The molecule has 0 amide bonds. The van der Waals surface area contributed by atoms with Crippen LogP contribution in [0.1, 0.15) is 31.8 Å². The van der Waals surface area contributed by atoms with E-state index in [1.54, 1.807) is 0 Å². The number of nitrogen functional groups attached to an aromatic ring is 1. The number of anilines is 7. The molecule has 8 N–H and O–H groups in total. The van der Waals surface area contributed by atoms with E-state index in [1.807, 2.05) is 0 Å². The minimum absolute atomic E-state index is 0.00782. The number of nitrogens with zero attached hydrogens (tertiary/aromatic N) is 3. The van der Waals surface area contributed by atoms with Crippen molar-refractivity contribution in [2.24, 2.45) is 0 Å². The molecular weight excluding hydrogens is 719 g/mol. The summed E-state index contributed by atoms with van der Waals surface area (Å²) in [6, 6.07) is 14.8. The fourth-order valence-electron chi connectivity index (χ4n) is 5.05. The maximum atomic E-state index is 13.6. The number of nitrogens with one attached hydrogen (secondary N) is 3. The summed E-state index contributed by atoms with van der Waals surface area (Å²) in [5.74, 6) is -1.79. The molecule has 0 bridgehead atoms. The van der Waals surface area contributed by atoms with Crippen molar-refractivity contribution in [2.75, 3.05) is 21.7 Å². The van der Waals surface area contributed by atoms with Crippen LogP contribution >= 0.6 is 0 Å². The molecule has 0 atom stereocenters. The highest BCUT2D eigenvalue weighted by atomic mass is 32.2. The molecule has 0 aliphatic heterocycles. The molecule has 0 unspecified atom stereocenters. The second-order valence-corrected chi connectivity index (χ2v) is 14.7. The lowest BCUT2D eigenvalue weighted by atomic mass is 9.82. The fraction of sp³-hybridized carbons (Fsp3) is 0. The molecule has 1 aliphatic rings. The van der Waals surface area contributed by atoms with E-state index in [2.05, 4.69) is 30.9 Å². The van der Waals surface area contributed by atoms with Gasteiger partial charge >= 0.3 is 0 Å². The van der Waals surface area contributed by atoms with Gasteiger partial charge in [-0.05, 0) is 48.5 Å². The molecule has 0 spiro atoms. The number of ketones is 2. The van der Waals surface area contributed by atoms with Gasteiger partial charge in [0.15, 0.2) is 11.6 Å². The zero-order valence-corrected chi connectivity index (χ0v) is 27.2. The molecule has 1 aliphatic carbocycles. The van der Waals surface area contributed by atoms with E-state index in [1.165, 1.54) is 48.5 Å². The zero-order chi connectivity index (χ0) is 36.2. The maximum Gasteiger partial charge on any atom is 0.296 e. The summed E-state index contributed by atoms with van der Waals surface area (Å²) in [7, 11) is -14.5. The van der Waals surface area contributed by atoms with E-state index in [0.717, 1.165) is 30.6 Å². The maximum absolute atomic E-state index is 13.6. The van der Waals surface area contributed by atoms with Crippen molar-refractivity contribution in [1.82, 2.24) is 15.0 Å². The van der Waals surface area contributed by atoms with E-state index < -0.39 is 63.0 Å². The minimum atomic E-state index is -5.04. The first-order chi connectivity index (χ1) is 23.4. The first kappa shape index (κ1) is 34.0. The monoisotopic (exact) mass is 739 g/mol. The number of hydrogen-bond acceptors (Lipinski definition) is 15.